The van der Waals surface area contributed by atoms with E-state index in [9.17, 15) is 0 Å². The Bertz CT molecular complexity index is 11.6. The summed E-state index contributed by atoms with van der Waals surface area (Å²) in [6.07, 6.45) is 0. The van der Waals surface area contributed by atoms with Crippen molar-refractivity contribution in [3.8, 4) is 0 Å². The van der Waals surface area contributed by atoms with Crippen molar-refractivity contribution in [3.05, 3.63) is 0 Å². The molecule has 0 atom stereocenters. The molecular formula is FeIO3+2. The molecule has 0 aliphatic rings. The first kappa shape index (κ1) is 9.46. The van der Waals surface area contributed by atoms with Crippen molar-refractivity contribution >= 4 is 0 Å². The Labute approximate surface area is 48.5 Å². The van der Waals surface area contributed by atoms with Gasteiger partial charge < -0.3 is 10.3 Å². The van der Waals surface area contributed by atoms with E-state index in [1.54, 1.807) is 0 Å². The number of rotatable bonds is 0. The molecule has 0 fully saturated rings. The summed E-state index contributed by atoms with van der Waals surface area (Å²) in [5, 5.41) is 0. The smallest absolute Gasteiger partial charge is 0.427 e. The molecule has 5 heteroatoms. The maximum atomic E-state index is 8.57. The zero-order valence-corrected chi connectivity index (χ0v) is 5.22. The first-order chi connectivity index (χ1) is 1.73. The average Bonchev–Trinajstić information content (AvgIpc) is 0.811. The van der Waals surface area contributed by atoms with Crippen molar-refractivity contribution < 1.29 is 48.4 Å². The van der Waals surface area contributed by atoms with E-state index in [0.717, 1.165) is 0 Å². The van der Waals surface area contributed by atoms with Gasteiger partial charge in [0.1, 0.15) is 0 Å². The molecule has 0 amide bonds. The molecule has 0 saturated heterocycles. The summed E-state index contributed by atoms with van der Waals surface area (Å²) >= 11 is -4.01. The first-order valence-electron chi connectivity index (χ1n) is 0.463. The molecule has 0 spiro atoms. The maximum Gasteiger partial charge on any atom is 3.00 e. The SMILES string of the molecule is [Fe+3].[O-][I+2]([O-])[O-]. The van der Waals surface area contributed by atoms with Crippen LogP contribution in [0.5, 0.6) is 0 Å². The fraction of sp³-hybridized carbons (Fsp3) is 0. The van der Waals surface area contributed by atoms with Gasteiger partial charge in [-0.25, -0.2) is 0 Å². The molecule has 0 aromatic heterocycles. The molecular weight excluding hydrogens is 231 g/mol. The van der Waals surface area contributed by atoms with Crippen LogP contribution in [0.4, 0.5) is 0 Å². The van der Waals surface area contributed by atoms with E-state index in [4.69, 9.17) is 10.3 Å². The Hall–Kier alpha value is 1.13. The van der Waals surface area contributed by atoms with Gasteiger partial charge in [-0.15, -0.1) is 0 Å². The van der Waals surface area contributed by atoms with Crippen molar-refractivity contribution in [2.75, 3.05) is 0 Å². The van der Waals surface area contributed by atoms with Crippen LogP contribution < -0.4 is 31.4 Å². The van der Waals surface area contributed by atoms with E-state index in [1.807, 2.05) is 0 Å². The van der Waals surface area contributed by atoms with Gasteiger partial charge >= 0.3 is 17.1 Å². The van der Waals surface area contributed by atoms with Gasteiger partial charge in [0.2, 0.25) is 0 Å². The van der Waals surface area contributed by atoms with Crippen LogP contribution in [0.1, 0.15) is 0 Å². The second-order valence-electron chi connectivity index (χ2n) is 0.189. The third kappa shape index (κ3) is 39.4. The van der Waals surface area contributed by atoms with Crippen molar-refractivity contribution in [1.82, 2.24) is 0 Å². The number of hydrogen-bond acceptors (Lipinski definition) is 3. The van der Waals surface area contributed by atoms with Crippen LogP contribution in [0.2, 0.25) is 0 Å². The fourth-order valence-electron chi connectivity index (χ4n) is 0. The molecule has 5 heavy (non-hydrogen) atoms. The first-order valence-corrected chi connectivity index (χ1v) is 3.11. The third-order valence-electron chi connectivity index (χ3n) is 0. The van der Waals surface area contributed by atoms with Crippen molar-refractivity contribution in [2.24, 2.45) is 0 Å². The van der Waals surface area contributed by atoms with Gasteiger partial charge in [-0.2, -0.15) is 0 Å². The van der Waals surface area contributed by atoms with Gasteiger partial charge in [0.05, 0.1) is 0 Å². The maximum absolute atomic E-state index is 8.57. The van der Waals surface area contributed by atoms with E-state index < -0.39 is 21.1 Å². The standard InChI is InChI=1S/Fe.IO3/c;2-1(3)4/q+3;-1. The molecule has 0 heterocycles. The van der Waals surface area contributed by atoms with E-state index in [2.05, 4.69) is 0 Å². The van der Waals surface area contributed by atoms with Crippen LogP contribution in [0.25, 0.3) is 0 Å². The quantitative estimate of drug-likeness (QED) is 0.307. The summed E-state index contributed by atoms with van der Waals surface area (Å²) in [6, 6.07) is 0. The Morgan fingerprint density at radius 1 is 1.00 bits per heavy atom. The minimum Gasteiger partial charge on any atom is -0.427 e. The van der Waals surface area contributed by atoms with E-state index >= 15 is 0 Å². The molecule has 3 nitrogen and oxygen atoms in total. The van der Waals surface area contributed by atoms with Gasteiger partial charge in [-0.3, -0.25) is 0 Å². The van der Waals surface area contributed by atoms with E-state index in [-0.39, 0.29) is 17.1 Å². The van der Waals surface area contributed by atoms with E-state index in [1.165, 1.54) is 0 Å². The normalized spacial score (nSPS) is 7.20. The van der Waals surface area contributed by atoms with Crippen LogP contribution in [0.15, 0.2) is 0 Å². The monoisotopic (exact) mass is 231 g/mol. The van der Waals surface area contributed by atoms with Gasteiger partial charge in [0.15, 0.2) is 0 Å². The average molecular weight is 231 g/mol. The van der Waals surface area contributed by atoms with Gasteiger partial charge in [-0.1, -0.05) is 0 Å². The zero-order valence-electron chi connectivity index (χ0n) is 1.96. The van der Waals surface area contributed by atoms with Crippen molar-refractivity contribution in [1.29, 1.82) is 0 Å². The minimum absolute atomic E-state index is 0. The van der Waals surface area contributed by atoms with Gasteiger partial charge in [0, 0.05) is 0 Å². The Morgan fingerprint density at radius 2 is 1.00 bits per heavy atom. The number of halogens is 1. The molecule has 0 bridgehead atoms. The fourth-order valence-corrected chi connectivity index (χ4v) is 0. The second kappa shape index (κ2) is 5.13. The minimum atomic E-state index is -4.01. The van der Waals surface area contributed by atoms with Crippen molar-refractivity contribution in [2.45, 2.75) is 0 Å². The molecule has 1 radical (unpaired) electrons. The largest absolute Gasteiger partial charge is 3.00 e. The Balaban J connectivity index is 0. The molecule has 31 valence electrons. The van der Waals surface area contributed by atoms with Crippen LogP contribution in [0, 0.1) is 0 Å². The van der Waals surface area contributed by atoms with Gasteiger partial charge in [-0.05, 0) is 0 Å². The topological polar surface area (TPSA) is 69.2 Å². The third-order valence-corrected chi connectivity index (χ3v) is 0. The molecule has 0 saturated carbocycles. The van der Waals surface area contributed by atoms with E-state index in [0.29, 0.717) is 0 Å². The molecule has 0 aromatic rings. The van der Waals surface area contributed by atoms with Crippen LogP contribution in [-0.4, -0.2) is 0 Å². The summed E-state index contributed by atoms with van der Waals surface area (Å²) in [5.41, 5.74) is 0. The molecule has 0 unspecified atom stereocenters. The zero-order chi connectivity index (χ0) is 3.58. The summed E-state index contributed by atoms with van der Waals surface area (Å²) in [5.74, 6) is 0. The summed E-state index contributed by atoms with van der Waals surface area (Å²) in [7, 11) is 0. The summed E-state index contributed by atoms with van der Waals surface area (Å²) < 4.78 is 25.7. The molecule has 0 N–H and O–H groups in total. The predicted molar refractivity (Wildman–Crippen MR) is 0 cm³/mol. The van der Waals surface area contributed by atoms with Crippen LogP contribution >= 0.6 is 0 Å². The molecule has 0 aliphatic heterocycles. The molecule has 0 aromatic carbocycles. The van der Waals surface area contributed by atoms with Crippen molar-refractivity contribution in [3.63, 3.8) is 0 Å². The second-order valence-corrected chi connectivity index (χ2v) is 1.27. The summed E-state index contributed by atoms with van der Waals surface area (Å²) in [4.78, 5) is 0. The Kier molecular flexibility index (Phi) is 9.70. The van der Waals surface area contributed by atoms with Gasteiger partial charge in [0.25, 0.3) is 21.1 Å². The summed E-state index contributed by atoms with van der Waals surface area (Å²) in [6.45, 7) is 0. The molecule has 0 aliphatic carbocycles. The Morgan fingerprint density at radius 3 is 1.00 bits per heavy atom. The molecule has 0 rings (SSSR count). The predicted octanol–water partition coefficient (Wildman–Crippen LogP) is -6.57. The van der Waals surface area contributed by atoms with Crippen LogP contribution in [0.3, 0.4) is 0 Å². The van der Waals surface area contributed by atoms with Crippen LogP contribution in [-0.2, 0) is 17.1 Å². The number of hydrogen-bond donors (Lipinski definition) is 0.